The van der Waals surface area contributed by atoms with Crippen LogP contribution < -0.4 is 5.73 Å². The summed E-state index contributed by atoms with van der Waals surface area (Å²) in [6.45, 7) is 5.96. The summed E-state index contributed by atoms with van der Waals surface area (Å²) in [6, 6.07) is 0. The molecule has 1 saturated heterocycles. The second-order valence-electron chi connectivity index (χ2n) is 5.56. The molecule has 2 nitrogen and oxygen atoms in total. The first-order valence-electron chi connectivity index (χ1n) is 6.85. The highest BCUT2D eigenvalue weighted by Gasteiger charge is 2.31. The van der Waals surface area contributed by atoms with Gasteiger partial charge in [0.2, 0.25) is 0 Å². The lowest BCUT2D eigenvalue weighted by atomic mass is 9.82. The average Bonchev–Trinajstić information content (AvgIpc) is 2.29. The number of hydrogen-bond donors (Lipinski definition) is 1. The van der Waals surface area contributed by atoms with Crippen molar-refractivity contribution in [2.24, 2.45) is 5.73 Å². The highest BCUT2D eigenvalue weighted by molar-refractivity contribution is 8.00. The topological polar surface area (TPSA) is 29.3 Å². The summed E-state index contributed by atoms with van der Waals surface area (Å²) in [7, 11) is 0. The maximum absolute atomic E-state index is 6.53. The number of thioether (sulfide) groups is 1. The summed E-state index contributed by atoms with van der Waals surface area (Å²) in [5.41, 5.74) is 6.67. The third kappa shape index (κ3) is 3.38. The van der Waals surface area contributed by atoms with Crippen LogP contribution >= 0.6 is 11.8 Å². The highest BCUT2D eigenvalue weighted by atomic mass is 32.2. The lowest BCUT2D eigenvalue weighted by molar-refractivity contribution is 0.175. The molecular formula is C13H26N2S. The Morgan fingerprint density at radius 3 is 2.75 bits per heavy atom. The van der Waals surface area contributed by atoms with Gasteiger partial charge in [-0.15, -0.1) is 0 Å². The van der Waals surface area contributed by atoms with Crippen LogP contribution in [-0.2, 0) is 0 Å². The van der Waals surface area contributed by atoms with E-state index in [4.69, 9.17) is 5.73 Å². The number of nitrogens with two attached hydrogens (primary N) is 1. The van der Waals surface area contributed by atoms with Crippen LogP contribution in [0.15, 0.2) is 0 Å². The second kappa shape index (κ2) is 5.74. The minimum absolute atomic E-state index is 0.137. The van der Waals surface area contributed by atoms with Crippen LogP contribution in [-0.4, -0.2) is 41.1 Å². The van der Waals surface area contributed by atoms with Gasteiger partial charge in [-0.1, -0.05) is 26.2 Å². The van der Waals surface area contributed by atoms with E-state index in [1.54, 1.807) is 0 Å². The Morgan fingerprint density at radius 1 is 1.31 bits per heavy atom. The zero-order chi connectivity index (χ0) is 11.4. The largest absolute Gasteiger partial charge is 0.324 e. The molecule has 3 heteroatoms. The predicted molar refractivity (Wildman–Crippen MR) is 73.0 cm³/mol. The van der Waals surface area contributed by atoms with Gasteiger partial charge in [0, 0.05) is 36.2 Å². The fourth-order valence-electron chi connectivity index (χ4n) is 3.03. The fourth-order valence-corrected chi connectivity index (χ4v) is 4.28. The van der Waals surface area contributed by atoms with Gasteiger partial charge in [-0.05, 0) is 19.3 Å². The van der Waals surface area contributed by atoms with Gasteiger partial charge in [-0.3, -0.25) is 4.90 Å². The molecule has 0 amide bonds. The van der Waals surface area contributed by atoms with Gasteiger partial charge in [0.1, 0.15) is 0 Å². The van der Waals surface area contributed by atoms with E-state index in [9.17, 15) is 0 Å². The monoisotopic (exact) mass is 242 g/mol. The average molecular weight is 242 g/mol. The van der Waals surface area contributed by atoms with Gasteiger partial charge in [-0.25, -0.2) is 0 Å². The van der Waals surface area contributed by atoms with Gasteiger partial charge >= 0.3 is 0 Å². The first-order valence-corrected chi connectivity index (χ1v) is 7.89. The number of nitrogens with zero attached hydrogens (tertiary/aromatic N) is 1. The Labute approximate surface area is 104 Å². The normalized spacial score (nSPS) is 31.5. The van der Waals surface area contributed by atoms with Gasteiger partial charge in [0.25, 0.3) is 0 Å². The number of rotatable bonds is 3. The summed E-state index contributed by atoms with van der Waals surface area (Å²) in [5, 5.41) is 0.848. The Hall–Kier alpha value is 0.270. The molecule has 1 heterocycles. The fraction of sp³-hybridized carbons (Fsp3) is 1.00. The molecule has 1 atom stereocenters. The van der Waals surface area contributed by atoms with Crippen LogP contribution in [0.25, 0.3) is 0 Å². The molecule has 2 aliphatic rings. The summed E-state index contributed by atoms with van der Waals surface area (Å²) >= 11 is 2.15. The van der Waals surface area contributed by atoms with E-state index in [0.29, 0.717) is 0 Å². The highest BCUT2D eigenvalue weighted by Crippen LogP contribution is 2.29. The van der Waals surface area contributed by atoms with E-state index in [0.717, 1.165) is 11.8 Å². The van der Waals surface area contributed by atoms with Crippen molar-refractivity contribution in [1.82, 2.24) is 4.90 Å². The molecule has 16 heavy (non-hydrogen) atoms. The first-order chi connectivity index (χ1) is 7.72. The lowest BCUT2D eigenvalue weighted by Crippen LogP contribution is -2.53. The standard InChI is InChI=1S/C13H26N2S/c1-2-12-10-15(8-9-16-12)11-13(14)6-4-3-5-7-13/h12H,2-11,14H2,1H3. The van der Waals surface area contributed by atoms with Crippen LogP contribution in [0.2, 0.25) is 0 Å². The molecule has 94 valence electrons. The van der Waals surface area contributed by atoms with Gasteiger partial charge in [0.05, 0.1) is 0 Å². The second-order valence-corrected chi connectivity index (χ2v) is 6.97. The van der Waals surface area contributed by atoms with Crippen LogP contribution in [0.1, 0.15) is 45.4 Å². The summed E-state index contributed by atoms with van der Waals surface area (Å²) in [4.78, 5) is 2.62. The third-order valence-corrected chi connectivity index (χ3v) is 5.44. The molecule has 2 rings (SSSR count). The van der Waals surface area contributed by atoms with Crippen LogP contribution in [0, 0.1) is 0 Å². The zero-order valence-corrected chi connectivity index (χ0v) is 11.4. The van der Waals surface area contributed by atoms with E-state index in [2.05, 4.69) is 23.6 Å². The molecule has 1 aliphatic heterocycles. The molecule has 0 aromatic carbocycles. The van der Waals surface area contributed by atoms with Crippen molar-refractivity contribution in [3.8, 4) is 0 Å². The van der Waals surface area contributed by atoms with Crippen LogP contribution in [0.4, 0.5) is 0 Å². The molecule has 0 aromatic rings. The first kappa shape index (κ1) is 12.7. The van der Waals surface area contributed by atoms with Crippen LogP contribution in [0.3, 0.4) is 0 Å². The summed E-state index contributed by atoms with van der Waals surface area (Å²) < 4.78 is 0. The molecule has 2 fully saturated rings. The third-order valence-electron chi connectivity index (χ3n) is 4.07. The molecule has 0 radical (unpaired) electrons. The Balaban J connectivity index is 1.83. The van der Waals surface area contributed by atoms with E-state index in [-0.39, 0.29) is 5.54 Å². The summed E-state index contributed by atoms with van der Waals surface area (Å²) in [5.74, 6) is 1.30. The predicted octanol–water partition coefficient (Wildman–Crippen LogP) is 2.48. The van der Waals surface area contributed by atoms with E-state index >= 15 is 0 Å². The van der Waals surface area contributed by atoms with Crippen LogP contribution in [0.5, 0.6) is 0 Å². The van der Waals surface area contributed by atoms with E-state index in [1.165, 1.54) is 57.4 Å². The van der Waals surface area contributed by atoms with Crippen molar-refractivity contribution < 1.29 is 0 Å². The minimum atomic E-state index is 0.137. The Kier molecular flexibility index (Phi) is 4.57. The Bertz CT molecular complexity index is 214. The molecule has 0 spiro atoms. The molecule has 0 bridgehead atoms. The molecule has 1 aliphatic carbocycles. The van der Waals surface area contributed by atoms with Crippen molar-refractivity contribution in [2.75, 3.05) is 25.4 Å². The minimum Gasteiger partial charge on any atom is -0.324 e. The van der Waals surface area contributed by atoms with Crippen molar-refractivity contribution in [2.45, 2.75) is 56.2 Å². The number of hydrogen-bond acceptors (Lipinski definition) is 3. The summed E-state index contributed by atoms with van der Waals surface area (Å²) in [6.07, 6.45) is 7.87. The van der Waals surface area contributed by atoms with Crippen molar-refractivity contribution in [1.29, 1.82) is 0 Å². The van der Waals surface area contributed by atoms with Crippen molar-refractivity contribution in [3.63, 3.8) is 0 Å². The molecule has 2 N–H and O–H groups in total. The SMILES string of the molecule is CCC1CN(CC2(N)CCCCC2)CCS1. The van der Waals surface area contributed by atoms with Gasteiger partial charge in [0.15, 0.2) is 0 Å². The van der Waals surface area contributed by atoms with E-state index in [1.807, 2.05) is 0 Å². The smallest absolute Gasteiger partial charge is 0.0283 e. The maximum atomic E-state index is 6.53. The Morgan fingerprint density at radius 2 is 2.06 bits per heavy atom. The molecule has 1 saturated carbocycles. The van der Waals surface area contributed by atoms with Gasteiger partial charge < -0.3 is 5.73 Å². The van der Waals surface area contributed by atoms with Crippen molar-refractivity contribution >= 4 is 11.8 Å². The lowest BCUT2D eigenvalue weighted by Gasteiger charge is -2.41. The maximum Gasteiger partial charge on any atom is 0.0283 e. The molecule has 1 unspecified atom stereocenters. The molecule has 0 aromatic heterocycles. The van der Waals surface area contributed by atoms with E-state index < -0.39 is 0 Å². The van der Waals surface area contributed by atoms with Crippen molar-refractivity contribution in [3.05, 3.63) is 0 Å². The zero-order valence-electron chi connectivity index (χ0n) is 10.6. The molecular weight excluding hydrogens is 216 g/mol. The quantitative estimate of drug-likeness (QED) is 0.824. The van der Waals surface area contributed by atoms with Gasteiger partial charge in [-0.2, -0.15) is 11.8 Å².